The Kier molecular flexibility index (Phi) is 6.94. The van der Waals surface area contributed by atoms with Gasteiger partial charge in [-0.05, 0) is 103 Å². The minimum Gasteiger partial charge on any atom is -0.508 e. The fourth-order valence-corrected chi connectivity index (χ4v) is 7.38. The van der Waals surface area contributed by atoms with Crippen LogP contribution in [0.15, 0.2) is 66.7 Å². The number of carbonyl (C=O) groups is 1. The predicted molar refractivity (Wildman–Crippen MR) is 155 cm³/mol. The van der Waals surface area contributed by atoms with Gasteiger partial charge < -0.3 is 14.9 Å². The van der Waals surface area contributed by atoms with Crippen molar-refractivity contribution in [1.29, 1.82) is 0 Å². The van der Waals surface area contributed by atoms with Gasteiger partial charge in [0.1, 0.15) is 5.75 Å². The summed E-state index contributed by atoms with van der Waals surface area (Å²) >= 11 is 0. The van der Waals surface area contributed by atoms with Crippen LogP contribution in [0.25, 0.3) is 10.8 Å². The Balaban J connectivity index is 1.31. The average Bonchev–Trinajstić information content (AvgIpc) is 3.75. The maximum Gasteiger partial charge on any atom is 0.254 e. The number of nitrogens with zero attached hydrogens (tertiary/aromatic N) is 2. The largest absolute Gasteiger partial charge is 0.508 e. The molecule has 0 bridgehead atoms. The summed E-state index contributed by atoms with van der Waals surface area (Å²) < 4.78 is 0. The van der Waals surface area contributed by atoms with E-state index in [-0.39, 0.29) is 17.4 Å². The molecule has 1 saturated heterocycles. The van der Waals surface area contributed by atoms with Gasteiger partial charge in [-0.15, -0.1) is 0 Å². The molecular formula is C34H42N2O2. The van der Waals surface area contributed by atoms with E-state index in [1.54, 1.807) is 6.07 Å². The Morgan fingerprint density at radius 3 is 2.58 bits per heavy atom. The minimum absolute atomic E-state index is 0.000597. The lowest BCUT2D eigenvalue weighted by atomic mass is 9.57. The summed E-state index contributed by atoms with van der Waals surface area (Å²) in [6.07, 6.45) is 7.04. The molecular weight excluding hydrogens is 468 g/mol. The molecule has 0 spiro atoms. The van der Waals surface area contributed by atoms with Crippen LogP contribution in [-0.2, 0) is 5.41 Å². The lowest BCUT2D eigenvalue weighted by Gasteiger charge is -2.55. The van der Waals surface area contributed by atoms with Crippen molar-refractivity contribution in [2.24, 2.45) is 17.8 Å². The molecule has 3 fully saturated rings. The van der Waals surface area contributed by atoms with Crippen molar-refractivity contribution in [1.82, 2.24) is 9.80 Å². The van der Waals surface area contributed by atoms with E-state index in [0.717, 1.165) is 62.2 Å². The number of benzene rings is 3. The molecule has 4 heteroatoms. The summed E-state index contributed by atoms with van der Waals surface area (Å²) in [5.74, 6) is 2.37. The molecule has 200 valence electrons. The van der Waals surface area contributed by atoms with Crippen molar-refractivity contribution < 1.29 is 9.90 Å². The fourth-order valence-electron chi connectivity index (χ4n) is 7.38. The van der Waals surface area contributed by atoms with E-state index in [9.17, 15) is 9.90 Å². The normalized spacial score (nSPS) is 25.9. The van der Waals surface area contributed by atoms with Gasteiger partial charge in [0, 0.05) is 36.7 Å². The first-order chi connectivity index (χ1) is 18.4. The Morgan fingerprint density at radius 1 is 1.00 bits per heavy atom. The van der Waals surface area contributed by atoms with Gasteiger partial charge in [-0.1, -0.05) is 56.3 Å². The van der Waals surface area contributed by atoms with Crippen molar-refractivity contribution in [3.05, 3.63) is 77.9 Å². The van der Waals surface area contributed by atoms with Crippen molar-refractivity contribution in [3.8, 4) is 5.75 Å². The summed E-state index contributed by atoms with van der Waals surface area (Å²) in [6.45, 7) is 8.70. The first kappa shape index (κ1) is 25.4. The van der Waals surface area contributed by atoms with Gasteiger partial charge in [-0.2, -0.15) is 0 Å². The third-order valence-electron chi connectivity index (χ3n) is 9.48. The van der Waals surface area contributed by atoms with Crippen LogP contribution >= 0.6 is 0 Å². The van der Waals surface area contributed by atoms with Crippen LogP contribution in [0.4, 0.5) is 0 Å². The molecule has 1 aliphatic heterocycles. The van der Waals surface area contributed by atoms with Crippen molar-refractivity contribution in [3.63, 3.8) is 0 Å². The van der Waals surface area contributed by atoms with Crippen molar-refractivity contribution in [2.75, 3.05) is 26.2 Å². The quantitative estimate of drug-likeness (QED) is 0.377. The highest BCUT2D eigenvalue weighted by Gasteiger charge is 2.50. The summed E-state index contributed by atoms with van der Waals surface area (Å²) in [7, 11) is 0. The first-order valence-corrected chi connectivity index (χ1v) is 14.7. The molecule has 2 aliphatic carbocycles. The van der Waals surface area contributed by atoms with Crippen LogP contribution in [0.5, 0.6) is 5.75 Å². The van der Waals surface area contributed by atoms with Crippen LogP contribution in [0.1, 0.15) is 68.3 Å². The minimum atomic E-state index is 0.000597. The summed E-state index contributed by atoms with van der Waals surface area (Å²) in [5.41, 5.74) is 2.05. The highest BCUT2D eigenvalue weighted by molar-refractivity contribution is 5.98. The molecule has 6 rings (SSSR count). The second kappa shape index (κ2) is 10.4. The molecule has 1 N–H and O–H groups in total. The SMILES string of the molecule is CC(C)CN(C(=O)c1ccc2ccccc2c1)[C@H]1CC[C@@H]2CN(CC3CC3)CC[C@@]2(c2cccc(O)c2)C1. The van der Waals surface area contributed by atoms with E-state index in [2.05, 4.69) is 54.0 Å². The molecule has 4 nitrogen and oxygen atoms in total. The molecule has 1 amide bonds. The Morgan fingerprint density at radius 2 is 1.82 bits per heavy atom. The average molecular weight is 511 g/mol. The Hall–Kier alpha value is -2.85. The summed E-state index contributed by atoms with van der Waals surface area (Å²) in [4.78, 5) is 19.0. The fraction of sp³-hybridized carbons (Fsp3) is 0.500. The van der Waals surface area contributed by atoms with E-state index in [0.29, 0.717) is 17.6 Å². The second-order valence-electron chi connectivity index (χ2n) is 12.7. The van der Waals surface area contributed by atoms with Crippen LogP contribution in [-0.4, -0.2) is 53.0 Å². The number of hydrogen-bond acceptors (Lipinski definition) is 3. The molecule has 1 heterocycles. The monoisotopic (exact) mass is 510 g/mol. The van der Waals surface area contributed by atoms with Crippen LogP contribution in [0.3, 0.4) is 0 Å². The third-order valence-corrected chi connectivity index (χ3v) is 9.48. The lowest BCUT2D eigenvalue weighted by molar-refractivity contribution is 0.00989. The van der Waals surface area contributed by atoms with Gasteiger partial charge in [0.25, 0.3) is 5.91 Å². The van der Waals surface area contributed by atoms with Gasteiger partial charge in [0.15, 0.2) is 0 Å². The van der Waals surface area contributed by atoms with Crippen LogP contribution in [0, 0.1) is 17.8 Å². The number of phenolic OH excluding ortho intramolecular Hbond substituents is 1. The van der Waals surface area contributed by atoms with Gasteiger partial charge in [-0.25, -0.2) is 0 Å². The number of phenols is 1. The van der Waals surface area contributed by atoms with Crippen LogP contribution in [0.2, 0.25) is 0 Å². The molecule has 3 atom stereocenters. The number of fused-ring (bicyclic) bond motifs is 2. The topological polar surface area (TPSA) is 43.8 Å². The number of likely N-dealkylation sites (tertiary alicyclic amines) is 1. The lowest BCUT2D eigenvalue weighted by Crippen LogP contribution is -2.57. The van der Waals surface area contributed by atoms with Gasteiger partial charge in [0.2, 0.25) is 0 Å². The van der Waals surface area contributed by atoms with Crippen molar-refractivity contribution in [2.45, 2.75) is 63.8 Å². The Labute approximate surface area is 227 Å². The highest BCUT2D eigenvalue weighted by Crippen LogP contribution is 2.51. The Bertz CT molecular complexity index is 1300. The predicted octanol–water partition coefficient (Wildman–Crippen LogP) is 6.87. The molecule has 3 aromatic rings. The second-order valence-corrected chi connectivity index (χ2v) is 12.7. The maximum absolute atomic E-state index is 14.1. The number of rotatable bonds is 7. The zero-order valence-electron chi connectivity index (χ0n) is 23.0. The molecule has 3 aromatic carbocycles. The summed E-state index contributed by atoms with van der Waals surface area (Å²) in [5, 5.41) is 12.7. The van der Waals surface area contributed by atoms with E-state index < -0.39 is 0 Å². The maximum atomic E-state index is 14.1. The third kappa shape index (κ3) is 5.08. The molecule has 0 radical (unpaired) electrons. The van der Waals surface area contributed by atoms with Gasteiger partial charge >= 0.3 is 0 Å². The smallest absolute Gasteiger partial charge is 0.254 e. The molecule has 0 aromatic heterocycles. The highest BCUT2D eigenvalue weighted by atomic mass is 16.3. The van der Waals surface area contributed by atoms with E-state index in [1.807, 2.05) is 30.3 Å². The van der Waals surface area contributed by atoms with E-state index in [1.165, 1.54) is 30.3 Å². The number of hydrogen-bond donors (Lipinski definition) is 1. The number of piperidine rings is 1. The number of amides is 1. The summed E-state index contributed by atoms with van der Waals surface area (Å²) in [6, 6.07) is 22.6. The number of carbonyl (C=O) groups excluding carboxylic acids is 1. The van der Waals surface area contributed by atoms with Crippen LogP contribution < -0.4 is 0 Å². The van der Waals surface area contributed by atoms with Gasteiger partial charge in [0.05, 0.1) is 0 Å². The first-order valence-electron chi connectivity index (χ1n) is 14.7. The molecule has 0 unspecified atom stereocenters. The zero-order chi connectivity index (χ0) is 26.3. The molecule has 2 saturated carbocycles. The standard InChI is InChI=1S/C34H42N2O2/c1-24(2)21-36(33(38)28-13-12-26-6-3-4-7-27(26)18-28)31-15-14-30-23-35(22-25-10-11-25)17-16-34(30,20-31)29-8-5-9-32(37)19-29/h3-9,12-13,18-19,24-25,30-31,37H,10-11,14-17,20-23H2,1-2H3/t30-,31+,34+/m1/s1. The number of aromatic hydroxyl groups is 1. The van der Waals surface area contributed by atoms with Crippen molar-refractivity contribution >= 4 is 16.7 Å². The molecule has 38 heavy (non-hydrogen) atoms. The van der Waals surface area contributed by atoms with E-state index in [4.69, 9.17) is 0 Å². The van der Waals surface area contributed by atoms with Gasteiger partial charge in [-0.3, -0.25) is 4.79 Å². The zero-order valence-corrected chi connectivity index (χ0v) is 23.0. The van der Waals surface area contributed by atoms with E-state index >= 15 is 0 Å². The molecule has 3 aliphatic rings.